The van der Waals surface area contributed by atoms with Crippen LogP contribution in [0.4, 0.5) is 5.69 Å². The molecule has 0 aliphatic carbocycles. The molecule has 0 heterocycles. The van der Waals surface area contributed by atoms with Gasteiger partial charge < -0.3 is 19.5 Å². The van der Waals surface area contributed by atoms with Gasteiger partial charge in [0.05, 0.1) is 26.2 Å². The molecular weight excluding hydrogens is 394 g/mol. The average molecular weight is 415 g/mol. The van der Waals surface area contributed by atoms with Crippen molar-refractivity contribution in [3.05, 3.63) is 54.6 Å². The predicted molar refractivity (Wildman–Crippen MR) is 111 cm³/mol. The molecule has 3 aromatic rings. The molecular formula is C21H21NO6S. The zero-order valence-corrected chi connectivity index (χ0v) is 17.1. The van der Waals surface area contributed by atoms with Gasteiger partial charge in [0.15, 0.2) is 21.3 Å². The quantitative estimate of drug-likeness (QED) is 0.637. The molecule has 0 aromatic heterocycles. The molecule has 0 atom stereocenters. The minimum Gasteiger partial charge on any atom is -0.493 e. The molecule has 0 spiro atoms. The van der Waals surface area contributed by atoms with Crippen molar-refractivity contribution in [3.8, 4) is 17.2 Å². The lowest BCUT2D eigenvalue weighted by Gasteiger charge is -2.14. The Bertz CT molecular complexity index is 1130. The topological polar surface area (TPSA) is 90.9 Å². The number of carbonyl (C=O) groups is 1. The second-order valence-corrected chi connectivity index (χ2v) is 8.22. The molecule has 3 aromatic carbocycles. The number of benzene rings is 3. The third-order valence-corrected chi connectivity index (χ3v) is 5.96. The lowest BCUT2D eigenvalue weighted by atomic mass is 10.1. The number of nitrogens with one attached hydrogen (secondary N) is 1. The van der Waals surface area contributed by atoms with Crippen molar-refractivity contribution in [2.45, 2.75) is 4.90 Å². The van der Waals surface area contributed by atoms with Gasteiger partial charge in [0.25, 0.3) is 0 Å². The second kappa shape index (κ2) is 8.40. The fraction of sp³-hybridized carbons (Fsp3) is 0.190. The van der Waals surface area contributed by atoms with Crippen LogP contribution in [0.1, 0.15) is 0 Å². The molecule has 152 valence electrons. The maximum absolute atomic E-state index is 12.7. The maximum Gasteiger partial charge on any atom is 0.239 e. The Morgan fingerprint density at radius 2 is 1.48 bits per heavy atom. The summed E-state index contributed by atoms with van der Waals surface area (Å²) in [5, 5.41) is 4.29. The number of hydrogen-bond acceptors (Lipinski definition) is 6. The summed E-state index contributed by atoms with van der Waals surface area (Å²) in [5.41, 5.74) is 0.332. The standard InChI is InChI=1S/C21H21NO6S/c1-26-18-11-16(12-19(27-2)21(18)28-3)22-20(23)13-29(24,25)17-9-8-14-6-4-5-7-15(14)10-17/h4-12H,13H2,1-3H3,(H,22,23). The Morgan fingerprint density at radius 1 is 0.862 bits per heavy atom. The summed E-state index contributed by atoms with van der Waals surface area (Å²) in [4.78, 5) is 12.5. The van der Waals surface area contributed by atoms with Crippen LogP contribution in [-0.4, -0.2) is 41.4 Å². The lowest BCUT2D eigenvalue weighted by Crippen LogP contribution is -2.23. The van der Waals surface area contributed by atoms with Gasteiger partial charge >= 0.3 is 0 Å². The highest BCUT2D eigenvalue weighted by Gasteiger charge is 2.21. The largest absolute Gasteiger partial charge is 0.493 e. The Labute approximate surface area is 169 Å². The molecule has 1 N–H and O–H groups in total. The average Bonchev–Trinajstić information content (AvgIpc) is 2.72. The molecule has 0 aliphatic rings. The van der Waals surface area contributed by atoms with Crippen LogP contribution in [0.15, 0.2) is 59.5 Å². The molecule has 29 heavy (non-hydrogen) atoms. The molecule has 0 bridgehead atoms. The van der Waals surface area contributed by atoms with Crippen molar-refractivity contribution in [2.24, 2.45) is 0 Å². The van der Waals surface area contributed by atoms with Gasteiger partial charge in [-0.2, -0.15) is 0 Å². The van der Waals surface area contributed by atoms with Crippen LogP contribution in [0.2, 0.25) is 0 Å². The number of ether oxygens (including phenoxy) is 3. The highest BCUT2D eigenvalue weighted by atomic mass is 32.2. The Hall–Kier alpha value is -3.26. The third kappa shape index (κ3) is 4.43. The number of amides is 1. The first kappa shape index (κ1) is 20.5. The van der Waals surface area contributed by atoms with Gasteiger partial charge in [-0.05, 0) is 22.9 Å². The van der Waals surface area contributed by atoms with E-state index in [9.17, 15) is 13.2 Å². The van der Waals surface area contributed by atoms with E-state index in [1.165, 1.54) is 39.5 Å². The third-order valence-electron chi connectivity index (χ3n) is 4.35. The summed E-state index contributed by atoms with van der Waals surface area (Å²) in [5.74, 6) is -0.301. The molecule has 3 rings (SSSR count). The van der Waals surface area contributed by atoms with E-state index in [4.69, 9.17) is 14.2 Å². The monoisotopic (exact) mass is 415 g/mol. The first-order valence-electron chi connectivity index (χ1n) is 8.69. The van der Waals surface area contributed by atoms with E-state index in [0.717, 1.165) is 10.8 Å². The summed E-state index contributed by atoms with van der Waals surface area (Å²) in [6.45, 7) is 0. The highest BCUT2D eigenvalue weighted by molar-refractivity contribution is 7.92. The summed E-state index contributed by atoms with van der Waals surface area (Å²) >= 11 is 0. The second-order valence-electron chi connectivity index (χ2n) is 6.23. The van der Waals surface area contributed by atoms with Gasteiger partial charge in [-0.25, -0.2) is 8.42 Å². The SMILES string of the molecule is COc1cc(NC(=O)CS(=O)(=O)c2ccc3ccccc3c2)cc(OC)c1OC. The molecule has 7 nitrogen and oxygen atoms in total. The minimum atomic E-state index is -3.81. The Kier molecular flexibility index (Phi) is 5.93. The van der Waals surface area contributed by atoms with E-state index in [1.54, 1.807) is 12.1 Å². The van der Waals surface area contributed by atoms with Crippen molar-refractivity contribution >= 4 is 32.2 Å². The summed E-state index contributed by atoms with van der Waals surface area (Å²) in [7, 11) is 0.555. The fourth-order valence-electron chi connectivity index (χ4n) is 2.97. The molecule has 0 fully saturated rings. The van der Waals surface area contributed by atoms with Gasteiger partial charge in [0.1, 0.15) is 5.75 Å². The van der Waals surface area contributed by atoms with E-state index in [2.05, 4.69) is 5.32 Å². The molecule has 0 saturated heterocycles. The smallest absolute Gasteiger partial charge is 0.239 e. The number of methoxy groups -OCH3 is 3. The number of hydrogen-bond donors (Lipinski definition) is 1. The van der Waals surface area contributed by atoms with E-state index >= 15 is 0 Å². The van der Waals surface area contributed by atoms with Gasteiger partial charge in [0, 0.05) is 17.8 Å². The van der Waals surface area contributed by atoms with Crippen molar-refractivity contribution in [3.63, 3.8) is 0 Å². The number of rotatable bonds is 7. The van der Waals surface area contributed by atoms with E-state index in [-0.39, 0.29) is 4.90 Å². The van der Waals surface area contributed by atoms with Gasteiger partial charge in [-0.1, -0.05) is 30.3 Å². The van der Waals surface area contributed by atoms with Crippen LogP contribution in [0.25, 0.3) is 10.8 Å². The zero-order valence-electron chi connectivity index (χ0n) is 16.3. The zero-order chi connectivity index (χ0) is 21.0. The first-order chi connectivity index (χ1) is 13.9. The number of fused-ring (bicyclic) bond motifs is 1. The molecule has 0 unspecified atom stereocenters. The van der Waals surface area contributed by atoms with E-state index in [0.29, 0.717) is 22.9 Å². The van der Waals surface area contributed by atoms with Gasteiger partial charge in [-0.3, -0.25) is 4.79 Å². The van der Waals surface area contributed by atoms with Gasteiger partial charge in [-0.15, -0.1) is 0 Å². The summed E-state index contributed by atoms with van der Waals surface area (Å²) in [6.07, 6.45) is 0. The number of sulfone groups is 1. The highest BCUT2D eigenvalue weighted by Crippen LogP contribution is 2.39. The van der Waals surface area contributed by atoms with Crippen molar-refractivity contribution in [2.75, 3.05) is 32.4 Å². The van der Waals surface area contributed by atoms with Crippen molar-refractivity contribution < 1.29 is 27.4 Å². The molecule has 0 saturated carbocycles. The lowest BCUT2D eigenvalue weighted by molar-refractivity contribution is -0.113. The molecule has 8 heteroatoms. The van der Waals surface area contributed by atoms with Crippen LogP contribution in [0.5, 0.6) is 17.2 Å². The van der Waals surface area contributed by atoms with Crippen LogP contribution >= 0.6 is 0 Å². The molecule has 1 amide bonds. The number of anilines is 1. The van der Waals surface area contributed by atoms with Crippen molar-refractivity contribution in [1.29, 1.82) is 0 Å². The van der Waals surface area contributed by atoms with E-state index in [1.807, 2.05) is 24.3 Å². The van der Waals surface area contributed by atoms with Crippen LogP contribution in [0.3, 0.4) is 0 Å². The van der Waals surface area contributed by atoms with Gasteiger partial charge in [0.2, 0.25) is 11.7 Å². The Balaban J connectivity index is 1.82. The predicted octanol–water partition coefficient (Wildman–Crippen LogP) is 3.28. The van der Waals surface area contributed by atoms with Crippen LogP contribution in [0, 0.1) is 0 Å². The van der Waals surface area contributed by atoms with Crippen LogP contribution < -0.4 is 19.5 Å². The minimum absolute atomic E-state index is 0.0937. The summed E-state index contributed by atoms with van der Waals surface area (Å²) < 4.78 is 41.1. The summed E-state index contributed by atoms with van der Waals surface area (Å²) in [6, 6.07) is 15.3. The normalized spacial score (nSPS) is 11.1. The fourth-order valence-corrected chi connectivity index (χ4v) is 4.13. The number of carbonyl (C=O) groups excluding carboxylic acids is 1. The van der Waals surface area contributed by atoms with Crippen molar-refractivity contribution in [1.82, 2.24) is 0 Å². The first-order valence-corrected chi connectivity index (χ1v) is 10.3. The van der Waals surface area contributed by atoms with Crippen LogP contribution in [-0.2, 0) is 14.6 Å². The maximum atomic E-state index is 12.7. The molecule has 0 aliphatic heterocycles. The van der Waals surface area contributed by atoms with E-state index < -0.39 is 21.5 Å². The molecule has 0 radical (unpaired) electrons. The Morgan fingerprint density at radius 3 is 2.07 bits per heavy atom.